The number of rotatable bonds is 4. The molecule has 0 unspecified atom stereocenters. The Labute approximate surface area is 180 Å². The molecule has 2 aliphatic rings. The SMILES string of the molecule is O=C(/C=C/c1ccc(Cl)cc1)N1CCN(S(=O)(=O)c2ccc3c(c2)OCCO3)CC1. The van der Waals surface area contributed by atoms with Crippen molar-refractivity contribution in [1.29, 1.82) is 0 Å². The number of carbonyl (C=O) groups is 1. The number of halogens is 1. The second-order valence-corrected chi connectivity index (χ2v) is 9.29. The summed E-state index contributed by atoms with van der Waals surface area (Å²) in [5.74, 6) is 0.827. The Morgan fingerprint density at radius 2 is 1.60 bits per heavy atom. The van der Waals surface area contributed by atoms with Crippen LogP contribution in [0.1, 0.15) is 5.56 Å². The molecule has 0 spiro atoms. The van der Waals surface area contributed by atoms with Crippen LogP contribution in [0, 0.1) is 0 Å². The Balaban J connectivity index is 1.38. The number of carbonyl (C=O) groups excluding carboxylic acids is 1. The van der Waals surface area contributed by atoms with Gasteiger partial charge in [0.25, 0.3) is 0 Å². The van der Waals surface area contributed by atoms with Crippen LogP contribution in [0.4, 0.5) is 0 Å². The summed E-state index contributed by atoms with van der Waals surface area (Å²) >= 11 is 5.86. The van der Waals surface area contributed by atoms with Crippen LogP contribution < -0.4 is 9.47 Å². The molecule has 2 aromatic carbocycles. The molecule has 158 valence electrons. The minimum Gasteiger partial charge on any atom is -0.486 e. The normalized spacial score (nSPS) is 17.3. The lowest BCUT2D eigenvalue weighted by Gasteiger charge is -2.33. The molecule has 2 heterocycles. The van der Waals surface area contributed by atoms with Crippen molar-refractivity contribution in [3.05, 3.63) is 59.1 Å². The molecule has 2 aliphatic heterocycles. The smallest absolute Gasteiger partial charge is 0.246 e. The molecule has 4 rings (SSSR count). The van der Waals surface area contributed by atoms with Crippen LogP contribution in [-0.4, -0.2) is 62.9 Å². The predicted molar refractivity (Wildman–Crippen MR) is 113 cm³/mol. The molecular formula is C21H21ClN2O5S. The summed E-state index contributed by atoms with van der Waals surface area (Å²) in [5.41, 5.74) is 0.868. The van der Waals surface area contributed by atoms with E-state index in [4.69, 9.17) is 21.1 Å². The van der Waals surface area contributed by atoms with E-state index in [-0.39, 0.29) is 23.9 Å². The van der Waals surface area contributed by atoms with Crippen LogP contribution >= 0.6 is 11.6 Å². The topological polar surface area (TPSA) is 76.2 Å². The lowest BCUT2D eigenvalue weighted by molar-refractivity contribution is -0.127. The molecule has 9 heteroatoms. The van der Waals surface area contributed by atoms with Gasteiger partial charge in [0.15, 0.2) is 11.5 Å². The molecule has 0 radical (unpaired) electrons. The summed E-state index contributed by atoms with van der Waals surface area (Å²) < 4.78 is 38.3. The highest BCUT2D eigenvalue weighted by Crippen LogP contribution is 2.33. The van der Waals surface area contributed by atoms with Crippen LogP contribution in [0.5, 0.6) is 11.5 Å². The van der Waals surface area contributed by atoms with Gasteiger partial charge in [-0.15, -0.1) is 0 Å². The number of hydrogen-bond acceptors (Lipinski definition) is 5. The Bertz CT molecular complexity index is 1060. The summed E-state index contributed by atoms with van der Waals surface area (Å²) in [7, 11) is -3.67. The number of fused-ring (bicyclic) bond motifs is 1. The maximum atomic E-state index is 13.0. The average molecular weight is 449 g/mol. The van der Waals surface area contributed by atoms with Gasteiger partial charge in [0.1, 0.15) is 13.2 Å². The summed E-state index contributed by atoms with van der Waals surface area (Å²) in [4.78, 5) is 14.2. The highest BCUT2D eigenvalue weighted by molar-refractivity contribution is 7.89. The van der Waals surface area contributed by atoms with E-state index in [0.717, 1.165) is 5.56 Å². The first-order valence-electron chi connectivity index (χ1n) is 9.56. The summed E-state index contributed by atoms with van der Waals surface area (Å²) in [6, 6.07) is 11.8. The third-order valence-corrected chi connectivity index (χ3v) is 7.14. The minimum atomic E-state index is -3.67. The second-order valence-electron chi connectivity index (χ2n) is 6.92. The fourth-order valence-corrected chi connectivity index (χ4v) is 4.89. The molecule has 1 amide bonds. The monoisotopic (exact) mass is 448 g/mol. The first-order chi connectivity index (χ1) is 14.4. The largest absolute Gasteiger partial charge is 0.486 e. The standard InChI is InChI=1S/C21H21ClN2O5S/c22-17-4-1-16(2-5-17)3-8-21(25)23-9-11-24(12-10-23)30(26,27)18-6-7-19-20(15-18)29-14-13-28-19/h1-8,15H,9-14H2/b8-3+. The van der Waals surface area contributed by atoms with E-state index in [9.17, 15) is 13.2 Å². The molecule has 0 atom stereocenters. The van der Waals surface area contributed by atoms with Crippen molar-refractivity contribution in [3.63, 3.8) is 0 Å². The number of sulfonamides is 1. The molecule has 0 N–H and O–H groups in total. The summed E-state index contributed by atoms with van der Waals surface area (Å²) in [5, 5.41) is 0.633. The molecule has 7 nitrogen and oxygen atoms in total. The molecule has 2 aromatic rings. The van der Waals surface area contributed by atoms with Gasteiger partial charge in [-0.2, -0.15) is 4.31 Å². The van der Waals surface area contributed by atoms with Crippen LogP contribution in [0.25, 0.3) is 6.08 Å². The Morgan fingerprint density at radius 3 is 2.30 bits per heavy atom. The number of hydrogen-bond donors (Lipinski definition) is 0. The zero-order valence-electron chi connectivity index (χ0n) is 16.2. The van der Waals surface area contributed by atoms with Gasteiger partial charge in [-0.1, -0.05) is 23.7 Å². The molecular weight excluding hydrogens is 428 g/mol. The quantitative estimate of drug-likeness (QED) is 0.672. The highest BCUT2D eigenvalue weighted by Gasteiger charge is 2.30. The second kappa shape index (κ2) is 8.67. The van der Waals surface area contributed by atoms with E-state index in [1.54, 1.807) is 29.2 Å². The van der Waals surface area contributed by atoms with Gasteiger partial charge in [-0.25, -0.2) is 8.42 Å². The minimum absolute atomic E-state index is 0.152. The van der Waals surface area contributed by atoms with Crippen molar-refractivity contribution < 1.29 is 22.7 Å². The van der Waals surface area contributed by atoms with Crippen LogP contribution in [-0.2, 0) is 14.8 Å². The average Bonchev–Trinajstić information content (AvgIpc) is 2.78. The number of nitrogens with zero attached hydrogens (tertiary/aromatic N) is 2. The first kappa shape index (κ1) is 20.7. The first-order valence-corrected chi connectivity index (χ1v) is 11.4. The van der Waals surface area contributed by atoms with Gasteiger partial charge in [-0.3, -0.25) is 4.79 Å². The van der Waals surface area contributed by atoms with Crippen molar-refractivity contribution in [1.82, 2.24) is 9.21 Å². The Kier molecular flexibility index (Phi) is 5.99. The van der Waals surface area contributed by atoms with Gasteiger partial charge in [0, 0.05) is 43.3 Å². The van der Waals surface area contributed by atoms with Crippen molar-refractivity contribution >= 4 is 33.6 Å². The Morgan fingerprint density at radius 1 is 0.933 bits per heavy atom. The van der Waals surface area contributed by atoms with Crippen LogP contribution in [0.15, 0.2) is 53.4 Å². The number of ether oxygens (including phenoxy) is 2. The third kappa shape index (κ3) is 4.45. The van der Waals surface area contributed by atoms with Gasteiger partial charge in [0.2, 0.25) is 15.9 Å². The molecule has 1 fully saturated rings. The molecule has 0 aliphatic carbocycles. The molecule has 0 aromatic heterocycles. The third-order valence-electron chi connectivity index (χ3n) is 4.99. The van der Waals surface area contributed by atoms with Crippen LogP contribution in [0.2, 0.25) is 5.02 Å². The van der Waals surface area contributed by atoms with E-state index in [1.165, 1.54) is 22.5 Å². The molecule has 1 saturated heterocycles. The predicted octanol–water partition coefficient (Wildman–Crippen LogP) is 2.66. The van der Waals surface area contributed by atoms with Gasteiger partial charge < -0.3 is 14.4 Å². The van der Waals surface area contributed by atoms with E-state index < -0.39 is 10.0 Å². The fraction of sp³-hybridized carbons (Fsp3) is 0.286. The molecule has 30 heavy (non-hydrogen) atoms. The van der Waals surface area contributed by atoms with E-state index >= 15 is 0 Å². The number of piperazine rings is 1. The fourth-order valence-electron chi connectivity index (χ4n) is 3.33. The lowest BCUT2D eigenvalue weighted by Crippen LogP contribution is -2.50. The van der Waals surface area contributed by atoms with Crippen molar-refractivity contribution in [2.24, 2.45) is 0 Å². The number of benzene rings is 2. The van der Waals surface area contributed by atoms with Gasteiger partial charge in [-0.05, 0) is 35.9 Å². The Hall–Kier alpha value is -2.55. The zero-order valence-corrected chi connectivity index (χ0v) is 17.7. The number of amides is 1. The van der Waals surface area contributed by atoms with Crippen molar-refractivity contribution in [2.45, 2.75) is 4.90 Å². The maximum absolute atomic E-state index is 13.0. The molecule has 0 saturated carbocycles. The maximum Gasteiger partial charge on any atom is 0.246 e. The van der Waals surface area contributed by atoms with Gasteiger partial charge in [0.05, 0.1) is 4.90 Å². The van der Waals surface area contributed by atoms with Crippen LogP contribution in [0.3, 0.4) is 0 Å². The van der Waals surface area contributed by atoms with Crippen molar-refractivity contribution in [3.8, 4) is 11.5 Å². The lowest BCUT2D eigenvalue weighted by atomic mass is 10.2. The zero-order chi connectivity index (χ0) is 21.1. The summed E-state index contributed by atoms with van der Waals surface area (Å²) in [6.45, 7) is 1.96. The molecule has 0 bridgehead atoms. The van der Waals surface area contributed by atoms with Gasteiger partial charge >= 0.3 is 0 Å². The van der Waals surface area contributed by atoms with E-state index in [0.29, 0.717) is 42.8 Å². The van der Waals surface area contributed by atoms with E-state index in [1.807, 2.05) is 12.1 Å². The van der Waals surface area contributed by atoms with Crippen molar-refractivity contribution in [2.75, 3.05) is 39.4 Å². The summed E-state index contributed by atoms with van der Waals surface area (Å²) in [6.07, 6.45) is 3.21. The van der Waals surface area contributed by atoms with E-state index in [2.05, 4.69) is 0 Å². The highest BCUT2D eigenvalue weighted by atomic mass is 35.5.